The van der Waals surface area contributed by atoms with Gasteiger partial charge in [0.2, 0.25) is 0 Å². The zero-order chi connectivity index (χ0) is 12.0. The van der Waals surface area contributed by atoms with E-state index >= 15 is 0 Å². The van der Waals surface area contributed by atoms with Gasteiger partial charge in [-0.3, -0.25) is 0 Å². The first-order valence-corrected chi connectivity index (χ1v) is 7.08. The lowest BCUT2D eigenvalue weighted by atomic mass is 10.0. The highest BCUT2D eigenvalue weighted by molar-refractivity contribution is 5.14. The molecule has 0 aromatic rings. The maximum Gasteiger partial charge on any atom is -0.0172 e. The van der Waals surface area contributed by atoms with Crippen LogP contribution in [0.2, 0.25) is 0 Å². The van der Waals surface area contributed by atoms with Gasteiger partial charge in [0.05, 0.1) is 0 Å². The van der Waals surface area contributed by atoms with Gasteiger partial charge in [-0.1, -0.05) is 51.0 Å². The van der Waals surface area contributed by atoms with Crippen molar-refractivity contribution < 1.29 is 0 Å². The molecule has 0 saturated heterocycles. The summed E-state index contributed by atoms with van der Waals surface area (Å²) in [7, 11) is 0. The summed E-state index contributed by atoms with van der Waals surface area (Å²) in [5.41, 5.74) is 3.15. The zero-order valence-corrected chi connectivity index (χ0v) is 11.4. The Kier molecular flexibility index (Phi) is 5.87. The van der Waals surface area contributed by atoms with Crippen molar-refractivity contribution >= 4 is 0 Å². The van der Waals surface area contributed by atoms with Gasteiger partial charge in [0.15, 0.2) is 0 Å². The van der Waals surface area contributed by atoms with Crippen LogP contribution >= 0.6 is 0 Å². The third kappa shape index (κ3) is 4.15. The minimum Gasteiger partial charge on any atom is -0.0996 e. The van der Waals surface area contributed by atoms with E-state index in [1.165, 1.54) is 50.5 Å². The summed E-state index contributed by atoms with van der Waals surface area (Å²) >= 11 is 0. The van der Waals surface area contributed by atoms with Crippen molar-refractivity contribution in [3.8, 4) is 0 Å². The smallest absolute Gasteiger partial charge is 0.0172 e. The molecule has 0 heteroatoms. The van der Waals surface area contributed by atoms with Crippen LogP contribution in [0, 0.1) is 11.8 Å². The van der Waals surface area contributed by atoms with Gasteiger partial charge < -0.3 is 0 Å². The first-order chi connectivity index (χ1) is 7.72. The Bertz CT molecular complexity index is 247. The molecular formula is C16H28. The second kappa shape index (κ2) is 6.93. The van der Waals surface area contributed by atoms with E-state index in [-0.39, 0.29) is 0 Å². The van der Waals surface area contributed by atoms with Crippen molar-refractivity contribution in [2.45, 2.75) is 65.7 Å². The molecule has 0 amide bonds. The van der Waals surface area contributed by atoms with Crippen LogP contribution in [0.5, 0.6) is 0 Å². The van der Waals surface area contributed by atoms with Crippen LogP contribution in [0.15, 0.2) is 23.8 Å². The highest BCUT2D eigenvalue weighted by Crippen LogP contribution is 2.47. The first kappa shape index (κ1) is 13.5. The predicted molar refractivity (Wildman–Crippen MR) is 73.5 cm³/mol. The molecule has 0 radical (unpaired) electrons. The maximum absolute atomic E-state index is 4.16. The Balaban J connectivity index is 2.27. The van der Waals surface area contributed by atoms with Crippen LogP contribution in [0.4, 0.5) is 0 Å². The Labute approximate surface area is 102 Å². The van der Waals surface area contributed by atoms with Crippen molar-refractivity contribution in [3.05, 3.63) is 23.8 Å². The van der Waals surface area contributed by atoms with Crippen molar-refractivity contribution in [2.75, 3.05) is 0 Å². The molecule has 1 aliphatic rings. The van der Waals surface area contributed by atoms with Gasteiger partial charge in [0, 0.05) is 0 Å². The summed E-state index contributed by atoms with van der Waals surface area (Å²) in [4.78, 5) is 0. The van der Waals surface area contributed by atoms with Crippen LogP contribution in [-0.2, 0) is 0 Å². The molecule has 0 nitrogen and oxygen atoms in total. The summed E-state index contributed by atoms with van der Waals surface area (Å²) < 4.78 is 0. The van der Waals surface area contributed by atoms with E-state index in [0.29, 0.717) is 0 Å². The summed E-state index contributed by atoms with van der Waals surface area (Å²) in [6, 6.07) is 0. The topological polar surface area (TPSA) is 0 Å². The Hall–Kier alpha value is -0.520. The molecule has 1 saturated carbocycles. The molecule has 0 bridgehead atoms. The van der Waals surface area contributed by atoms with Gasteiger partial charge in [0.25, 0.3) is 0 Å². The molecule has 16 heavy (non-hydrogen) atoms. The molecule has 1 fully saturated rings. The van der Waals surface area contributed by atoms with Gasteiger partial charge in [-0.05, 0) is 50.4 Å². The lowest BCUT2D eigenvalue weighted by molar-refractivity contribution is 0.732. The SMILES string of the molecule is C=C(CC)C1CC1CC=C(CC)CCCC. The van der Waals surface area contributed by atoms with Crippen molar-refractivity contribution in [1.29, 1.82) is 0 Å². The van der Waals surface area contributed by atoms with Crippen LogP contribution in [-0.4, -0.2) is 0 Å². The largest absolute Gasteiger partial charge is 0.0996 e. The van der Waals surface area contributed by atoms with Crippen LogP contribution in [0.1, 0.15) is 65.7 Å². The molecule has 0 aromatic heterocycles. The molecule has 0 heterocycles. The lowest BCUT2D eigenvalue weighted by Gasteiger charge is -2.04. The summed E-state index contributed by atoms with van der Waals surface area (Å²) in [5, 5.41) is 0. The quantitative estimate of drug-likeness (QED) is 0.473. The third-order valence-corrected chi connectivity index (χ3v) is 3.92. The average Bonchev–Trinajstić information content (AvgIpc) is 3.08. The van der Waals surface area contributed by atoms with E-state index in [1.807, 2.05) is 0 Å². The predicted octanol–water partition coefficient (Wildman–Crippen LogP) is 5.51. The third-order valence-electron chi connectivity index (χ3n) is 3.92. The van der Waals surface area contributed by atoms with E-state index in [9.17, 15) is 0 Å². The molecule has 2 atom stereocenters. The second-order valence-electron chi connectivity index (χ2n) is 5.17. The van der Waals surface area contributed by atoms with E-state index in [2.05, 4.69) is 33.4 Å². The molecule has 0 aromatic carbocycles. The van der Waals surface area contributed by atoms with E-state index in [0.717, 1.165) is 11.8 Å². The van der Waals surface area contributed by atoms with Crippen LogP contribution in [0.25, 0.3) is 0 Å². The highest BCUT2D eigenvalue weighted by Gasteiger charge is 2.36. The summed E-state index contributed by atoms with van der Waals surface area (Å²) in [6.45, 7) is 11.0. The molecule has 0 N–H and O–H groups in total. The van der Waals surface area contributed by atoms with Gasteiger partial charge in [-0.2, -0.15) is 0 Å². The fourth-order valence-corrected chi connectivity index (χ4v) is 2.42. The fraction of sp³-hybridized carbons (Fsp3) is 0.750. The second-order valence-corrected chi connectivity index (χ2v) is 5.17. The lowest BCUT2D eigenvalue weighted by Crippen LogP contribution is -1.87. The van der Waals surface area contributed by atoms with Crippen molar-refractivity contribution in [1.82, 2.24) is 0 Å². The molecule has 1 aliphatic carbocycles. The molecule has 0 aliphatic heterocycles. The number of unbranched alkanes of at least 4 members (excludes halogenated alkanes) is 1. The fourth-order valence-electron chi connectivity index (χ4n) is 2.42. The Morgan fingerprint density at radius 3 is 2.56 bits per heavy atom. The number of hydrogen-bond acceptors (Lipinski definition) is 0. The number of allylic oxidation sites excluding steroid dienone is 3. The van der Waals surface area contributed by atoms with Crippen molar-refractivity contribution in [2.24, 2.45) is 11.8 Å². The maximum atomic E-state index is 4.16. The molecular weight excluding hydrogens is 192 g/mol. The summed E-state index contributed by atoms with van der Waals surface area (Å²) in [6.07, 6.45) is 11.6. The molecule has 92 valence electrons. The minimum atomic E-state index is 0.852. The minimum absolute atomic E-state index is 0.852. The number of hydrogen-bond donors (Lipinski definition) is 0. The normalized spacial score (nSPS) is 24.6. The standard InChI is InChI=1S/C16H28/c1-5-8-9-14(7-3)10-11-15-12-16(15)13(4)6-2/h10,15-16H,4-9,11-12H2,1-3H3. The van der Waals surface area contributed by atoms with E-state index in [4.69, 9.17) is 0 Å². The Morgan fingerprint density at radius 1 is 1.25 bits per heavy atom. The average molecular weight is 220 g/mol. The van der Waals surface area contributed by atoms with Gasteiger partial charge in [0.1, 0.15) is 0 Å². The van der Waals surface area contributed by atoms with Crippen molar-refractivity contribution in [3.63, 3.8) is 0 Å². The van der Waals surface area contributed by atoms with E-state index < -0.39 is 0 Å². The van der Waals surface area contributed by atoms with E-state index in [1.54, 1.807) is 5.57 Å². The molecule has 1 rings (SSSR count). The highest BCUT2D eigenvalue weighted by atomic mass is 14.4. The zero-order valence-electron chi connectivity index (χ0n) is 11.4. The van der Waals surface area contributed by atoms with Crippen LogP contribution < -0.4 is 0 Å². The summed E-state index contributed by atoms with van der Waals surface area (Å²) in [5.74, 6) is 1.78. The monoisotopic (exact) mass is 220 g/mol. The molecule has 2 unspecified atom stereocenters. The molecule has 0 spiro atoms. The van der Waals surface area contributed by atoms with Crippen LogP contribution in [0.3, 0.4) is 0 Å². The van der Waals surface area contributed by atoms with Gasteiger partial charge in [-0.15, -0.1) is 0 Å². The Morgan fingerprint density at radius 2 is 2.00 bits per heavy atom. The van der Waals surface area contributed by atoms with Gasteiger partial charge >= 0.3 is 0 Å². The van der Waals surface area contributed by atoms with Gasteiger partial charge in [-0.25, -0.2) is 0 Å². The first-order valence-electron chi connectivity index (χ1n) is 7.08. The number of rotatable bonds is 8.